The SMILES string of the molecule is CC\C=C/C=C\C=C/C=C\C=C/CCCC(=O)OCC(COC(=O)CCCCCCC/C=C\CCCCCCCCCCC)OC(=O)CCCCC\C=C/C=C/C=C\C=C/C=C\C=C/CC. The maximum absolute atomic E-state index is 12.8. The van der Waals surface area contributed by atoms with E-state index in [-0.39, 0.29) is 44.0 Å². The van der Waals surface area contributed by atoms with Crippen molar-refractivity contribution in [3.8, 4) is 0 Å². The number of rotatable bonds is 44. The number of carbonyl (C=O) groups is 3. The lowest BCUT2D eigenvalue weighted by Crippen LogP contribution is -2.30. The van der Waals surface area contributed by atoms with Gasteiger partial charge in [-0.25, -0.2) is 0 Å². The van der Waals surface area contributed by atoms with Crippen molar-refractivity contribution in [3.63, 3.8) is 0 Å². The minimum absolute atomic E-state index is 0.129. The van der Waals surface area contributed by atoms with E-state index in [9.17, 15) is 14.4 Å². The van der Waals surface area contributed by atoms with Crippen molar-refractivity contribution in [1.82, 2.24) is 0 Å². The third-order valence-electron chi connectivity index (χ3n) is 10.3. The summed E-state index contributed by atoms with van der Waals surface area (Å²) < 4.78 is 16.7. The lowest BCUT2D eigenvalue weighted by atomic mass is 10.1. The smallest absolute Gasteiger partial charge is 0.306 e. The number of unbranched alkanes of at least 4 members (excludes halogenated alkanes) is 18. The molecule has 1 atom stereocenters. The van der Waals surface area contributed by atoms with Crippen molar-refractivity contribution >= 4 is 17.9 Å². The van der Waals surface area contributed by atoms with Gasteiger partial charge in [0.2, 0.25) is 0 Å². The highest BCUT2D eigenvalue weighted by Crippen LogP contribution is 2.13. The maximum atomic E-state index is 12.8. The Kier molecular flexibility index (Phi) is 49.1. The third kappa shape index (κ3) is 50.3. The quantitative estimate of drug-likeness (QED) is 0.0199. The van der Waals surface area contributed by atoms with E-state index in [1.165, 1.54) is 70.6 Å². The molecule has 0 N–H and O–H groups in total. The zero-order valence-electron chi connectivity index (χ0n) is 41.9. The Morgan fingerprint density at radius 1 is 0.318 bits per heavy atom. The van der Waals surface area contributed by atoms with E-state index in [1.54, 1.807) is 0 Å². The van der Waals surface area contributed by atoms with Crippen LogP contribution in [0, 0.1) is 0 Å². The summed E-state index contributed by atoms with van der Waals surface area (Å²) in [4.78, 5) is 38.0. The van der Waals surface area contributed by atoms with Gasteiger partial charge in [-0.1, -0.05) is 244 Å². The van der Waals surface area contributed by atoms with E-state index < -0.39 is 6.10 Å². The van der Waals surface area contributed by atoms with E-state index >= 15 is 0 Å². The predicted molar refractivity (Wildman–Crippen MR) is 283 cm³/mol. The molecule has 66 heavy (non-hydrogen) atoms. The Balaban J connectivity index is 4.59. The van der Waals surface area contributed by atoms with Gasteiger partial charge in [0.15, 0.2) is 6.10 Å². The van der Waals surface area contributed by atoms with Gasteiger partial charge >= 0.3 is 17.9 Å². The largest absolute Gasteiger partial charge is 0.462 e. The predicted octanol–water partition coefficient (Wildman–Crippen LogP) is 17.3. The molecule has 0 heterocycles. The first-order valence-corrected chi connectivity index (χ1v) is 26.0. The van der Waals surface area contributed by atoms with Gasteiger partial charge < -0.3 is 14.2 Å². The Morgan fingerprint density at radius 3 is 1.05 bits per heavy atom. The average molecular weight is 909 g/mol. The summed E-state index contributed by atoms with van der Waals surface area (Å²) >= 11 is 0. The van der Waals surface area contributed by atoms with Gasteiger partial charge in [0.05, 0.1) is 0 Å². The lowest BCUT2D eigenvalue weighted by Gasteiger charge is -2.18. The first-order chi connectivity index (χ1) is 32.5. The first-order valence-electron chi connectivity index (χ1n) is 26.0. The van der Waals surface area contributed by atoms with Gasteiger partial charge in [-0.15, -0.1) is 0 Å². The minimum Gasteiger partial charge on any atom is -0.462 e. The van der Waals surface area contributed by atoms with Crippen molar-refractivity contribution in [3.05, 3.63) is 146 Å². The summed E-state index contributed by atoms with van der Waals surface area (Å²) in [6.07, 6.45) is 75.5. The van der Waals surface area contributed by atoms with Crippen LogP contribution in [0.25, 0.3) is 0 Å². The van der Waals surface area contributed by atoms with Crippen LogP contribution in [-0.2, 0) is 28.6 Å². The van der Waals surface area contributed by atoms with Crippen LogP contribution in [0.3, 0.4) is 0 Å². The van der Waals surface area contributed by atoms with Crippen molar-refractivity contribution < 1.29 is 28.6 Å². The normalized spacial score (nSPS) is 13.3. The molecule has 6 nitrogen and oxygen atoms in total. The van der Waals surface area contributed by atoms with E-state index in [2.05, 4.69) is 51.2 Å². The molecule has 0 bridgehead atoms. The van der Waals surface area contributed by atoms with Crippen molar-refractivity contribution in [2.75, 3.05) is 13.2 Å². The third-order valence-corrected chi connectivity index (χ3v) is 10.3. The summed E-state index contributed by atoms with van der Waals surface area (Å²) in [7, 11) is 0. The van der Waals surface area contributed by atoms with E-state index in [4.69, 9.17) is 14.2 Å². The molecule has 0 aliphatic rings. The second-order valence-corrected chi connectivity index (χ2v) is 16.6. The van der Waals surface area contributed by atoms with Crippen LogP contribution in [0.15, 0.2) is 146 Å². The van der Waals surface area contributed by atoms with Crippen molar-refractivity contribution in [2.45, 2.75) is 200 Å². The number of esters is 3. The molecule has 0 fully saturated rings. The van der Waals surface area contributed by atoms with E-state index in [0.29, 0.717) is 19.3 Å². The molecule has 0 aromatic carbocycles. The molecule has 0 aliphatic heterocycles. The second kappa shape index (κ2) is 52.9. The van der Waals surface area contributed by atoms with Gasteiger partial charge in [0, 0.05) is 19.3 Å². The highest BCUT2D eigenvalue weighted by atomic mass is 16.6. The molecule has 6 heteroatoms. The number of hydrogen-bond acceptors (Lipinski definition) is 6. The molecule has 1 unspecified atom stereocenters. The van der Waals surface area contributed by atoms with Crippen molar-refractivity contribution in [2.24, 2.45) is 0 Å². The summed E-state index contributed by atoms with van der Waals surface area (Å²) in [5, 5.41) is 0. The van der Waals surface area contributed by atoms with Crippen LogP contribution in [0.2, 0.25) is 0 Å². The van der Waals surface area contributed by atoms with Gasteiger partial charge in [-0.2, -0.15) is 0 Å². The summed E-state index contributed by atoms with van der Waals surface area (Å²) in [6, 6.07) is 0. The van der Waals surface area contributed by atoms with Crippen LogP contribution < -0.4 is 0 Å². The van der Waals surface area contributed by atoms with Gasteiger partial charge in [-0.05, 0) is 77.0 Å². The monoisotopic (exact) mass is 909 g/mol. The Bertz CT molecular complexity index is 1510. The molecule has 0 saturated heterocycles. The van der Waals surface area contributed by atoms with Gasteiger partial charge in [0.1, 0.15) is 13.2 Å². The molecule has 0 aliphatic carbocycles. The van der Waals surface area contributed by atoms with E-state index in [0.717, 1.165) is 70.6 Å². The fourth-order valence-electron chi connectivity index (χ4n) is 6.50. The zero-order chi connectivity index (χ0) is 47.9. The van der Waals surface area contributed by atoms with Crippen LogP contribution in [0.1, 0.15) is 194 Å². The highest BCUT2D eigenvalue weighted by Gasteiger charge is 2.19. The molecule has 0 spiro atoms. The molecule has 0 aromatic rings. The topological polar surface area (TPSA) is 78.9 Å². The van der Waals surface area contributed by atoms with E-state index in [1.807, 2.05) is 115 Å². The maximum Gasteiger partial charge on any atom is 0.306 e. The molecule has 368 valence electrons. The Morgan fingerprint density at radius 2 is 0.621 bits per heavy atom. The van der Waals surface area contributed by atoms with Crippen LogP contribution >= 0.6 is 0 Å². The molecule has 0 rings (SSSR count). The minimum atomic E-state index is -0.840. The van der Waals surface area contributed by atoms with Crippen LogP contribution in [0.5, 0.6) is 0 Å². The second-order valence-electron chi connectivity index (χ2n) is 16.6. The summed E-state index contributed by atoms with van der Waals surface area (Å²) in [5.41, 5.74) is 0. The number of ether oxygens (including phenoxy) is 3. The van der Waals surface area contributed by atoms with Crippen molar-refractivity contribution in [1.29, 1.82) is 0 Å². The molecule has 0 amide bonds. The zero-order valence-corrected chi connectivity index (χ0v) is 41.9. The number of hydrogen-bond donors (Lipinski definition) is 0. The molecule has 0 radical (unpaired) electrons. The molecule has 0 aromatic heterocycles. The average Bonchev–Trinajstić information content (AvgIpc) is 3.31. The summed E-state index contributed by atoms with van der Waals surface area (Å²) in [5.74, 6) is -1.07. The first kappa shape index (κ1) is 61.3. The fourth-order valence-corrected chi connectivity index (χ4v) is 6.50. The fraction of sp³-hybridized carbons (Fsp3) is 0.550. The van der Waals surface area contributed by atoms with Crippen LogP contribution in [-0.4, -0.2) is 37.2 Å². The lowest BCUT2D eigenvalue weighted by molar-refractivity contribution is -0.167. The van der Waals surface area contributed by atoms with Crippen LogP contribution in [0.4, 0.5) is 0 Å². The molecular weight excluding hydrogens is 817 g/mol. The number of allylic oxidation sites excluding steroid dienone is 24. The number of carbonyl (C=O) groups excluding carboxylic acids is 3. The molecular formula is C60H92O6. The van der Waals surface area contributed by atoms with Gasteiger partial charge in [-0.3, -0.25) is 14.4 Å². The standard InChI is InChI=1S/C60H92O6/c1-4-7-10-13-16-19-22-25-27-29-31-32-35-38-41-44-47-50-53-59(62)65-56-57(55-64-58(61)52-49-46-43-40-37-34-24-21-18-15-12-9-6-3)66-60(63)54-51-48-45-42-39-36-33-30-28-26-23-20-17-14-11-8-5-2/h8-9,11-12,14-15,17-18,20-21,23-24,26,28,30-34,36-37,39-40,43,57H,4-7,10,13,16,19,22,25,27,29,35,38,41-42,44-56H2,1-3H3/b11-8-,12-9-,17-14-,18-15-,23-20-,24-21-,28-26-,32-31-,33-30+,37-34-,39-36-,43-40-. The Labute approximate surface area is 404 Å². The van der Waals surface area contributed by atoms with Gasteiger partial charge in [0.25, 0.3) is 0 Å². The molecule has 0 saturated carbocycles. The highest BCUT2D eigenvalue weighted by molar-refractivity contribution is 5.71. The Hall–Kier alpha value is -4.71. The summed E-state index contributed by atoms with van der Waals surface area (Å²) in [6.45, 7) is 6.22.